The number of aliphatic hydroxyl groups is 1. The van der Waals surface area contributed by atoms with Crippen molar-refractivity contribution in [3.63, 3.8) is 0 Å². The van der Waals surface area contributed by atoms with Gasteiger partial charge >= 0.3 is 0 Å². The predicted molar refractivity (Wildman–Crippen MR) is 49.1 cm³/mol. The molecule has 0 radical (unpaired) electrons. The highest BCUT2D eigenvalue weighted by Crippen LogP contribution is 2.03. The normalized spacial score (nSPS) is 13.0. The summed E-state index contributed by atoms with van der Waals surface area (Å²) < 4.78 is 24.0. The van der Waals surface area contributed by atoms with Crippen molar-refractivity contribution in [2.24, 2.45) is 0 Å². The van der Waals surface area contributed by atoms with Crippen LogP contribution in [-0.2, 0) is 0 Å². The quantitative estimate of drug-likeness (QED) is 0.726. The minimum absolute atomic E-state index is 0.123. The van der Waals surface area contributed by atoms with Crippen molar-refractivity contribution < 1.29 is 13.9 Å². The predicted octanol–water partition coefficient (Wildman–Crippen LogP) is 1.69. The van der Waals surface area contributed by atoms with Crippen LogP contribution in [0.3, 0.4) is 0 Å². The fraction of sp³-hybridized carbons (Fsp3) is 0.750. The summed E-state index contributed by atoms with van der Waals surface area (Å²) in [5, 5.41) is 8.60. The Morgan fingerprint density at radius 2 is 2.23 bits per heavy atom. The average molecular weight is 214 g/mol. The smallest absolute Gasteiger partial charge is 0.251 e. The largest absolute Gasteiger partial charge is 0.395 e. The average Bonchev–Trinajstić information content (AvgIpc) is 2.03. The van der Waals surface area contributed by atoms with Crippen LogP contribution in [0.2, 0.25) is 0 Å². The summed E-state index contributed by atoms with van der Waals surface area (Å²) in [6, 6.07) is 0. The van der Waals surface area contributed by atoms with Gasteiger partial charge in [-0.25, -0.2) is 8.78 Å². The molecule has 78 valence electrons. The number of alkyl halides is 2. The minimum Gasteiger partial charge on any atom is -0.395 e. The zero-order valence-electron chi connectivity index (χ0n) is 7.51. The summed E-state index contributed by atoms with van der Waals surface area (Å²) in [5.74, 6) is 0. The molecular formula is C8H14ClF2NO. The van der Waals surface area contributed by atoms with E-state index in [1.807, 2.05) is 0 Å². The number of hydrogen-bond acceptors (Lipinski definition) is 2. The van der Waals surface area contributed by atoms with E-state index in [1.54, 1.807) is 6.92 Å². The molecule has 0 aliphatic rings. The minimum atomic E-state index is -2.38. The first-order valence-electron chi connectivity index (χ1n) is 3.97. The van der Waals surface area contributed by atoms with Crippen LogP contribution in [-0.4, -0.2) is 42.7 Å². The molecule has 0 rings (SSSR count). The lowest BCUT2D eigenvalue weighted by Gasteiger charge is -2.20. The van der Waals surface area contributed by atoms with E-state index in [-0.39, 0.29) is 19.7 Å². The Morgan fingerprint density at radius 3 is 2.62 bits per heavy atom. The lowest BCUT2D eigenvalue weighted by molar-refractivity contribution is 0.0832. The van der Waals surface area contributed by atoms with Gasteiger partial charge in [-0.3, -0.25) is 4.90 Å². The Hall–Kier alpha value is -0.190. The number of rotatable bonds is 6. The first-order chi connectivity index (χ1) is 6.10. The molecule has 5 heteroatoms. The lowest BCUT2D eigenvalue weighted by atomic mass is 10.3. The third kappa shape index (κ3) is 6.93. The summed E-state index contributed by atoms with van der Waals surface area (Å²) in [7, 11) is 0. The van der Waals surface area contributed by atoms with Crippen LogP contribution >= 0.6 is 11.6 Å². The molecule has 0 unspecified atom stereocenters. The van der Waals surface area contributed by atoms with Gasteiger partial charge in [-0.1, -0.05) is 11.6 Å². The molecule has 0 aromatic rings. The number of nitrogens with zero attached hydrogens (tertiary/aromatic N) is 1. The van der Waals surface area contributed by atoms with E-state index in [0.717, 1.165) is 5.57 Å². The van der Waals surface area contributed by atoms with Crippen LogP contribution in [0.1, 0.15) is 6.92 Å². The fourth-order valence-electron chi connectivity index (χ4n) is 0.959. The van der Waals surface area contributed by atoms with E-state index < -0.39 is 6.43 Å². The van der Waals surface area contributed by atoms with Gasteiger partial charge in [0.2, 0.25) is 0 Å². The second-order valence-electron chi connectivity index (χ2n) is 2.81. The van der Waals surface area contributed by atoms with Gasteiger partial charge in [-0.2, -0.15) is 0 Å². The maximum absolute atomic E-state index is 12.0. The van der Waals surface area contributed by atoms with E-state index in [4.69, 9.17) is 16.7 Å². The molecule has 0 aliphatic carbocycles. The molecule has 0 bridgehead atoms. The molecule has 0 saturated carbocycles. The van der Waals surface area contributed by atoms with Gasteiger partial charge in [0, 0.05) is 18.6 Å². The molecule has 2 nitrogen and oxygen atoms in total. The van der Waals surface area contributed by atoms with E-state index in [1.165, 1.54) is 10.4 Å². The van der Waals surface area contributed by atoms with Gasteiger partial charge in [0.1, 0.15) is 0 Å². The van der Waals surface area contributed by atoms with Gasteiger partial charge in [-0.15, -0.1) is 0 Å². The van der Waals surface area contributed by atoms with E-state index in [0.29, 0.717) is 6.54 Å². The molecular weight excluding hydrogens is 200 g/mol. The molecule has 0 atom stereocenters. The second-order valence-corrected chi connectivity index (χ2v) is 3.02. The van der Waals surface area contributed by atoms with Crippen molar-refractivity contribution in [1.82, 2.24) is 4.90 Å². The molecule has 0 aromatic heterocycles. The maximum atomic E-state index is 12.0. The van der Waals surface area contributed by atoms with Crippen molar-refractivity contribution in [2.75, 3.05) is 26.2 Å². The SMILES string of the molecule is CC(=CCl)CN(CCO)CC(F)F. The maximum Gasteiger partial charge on any atom is 0.251 e. The van der Waals surface area contributed by atoms with Crippen LogP contribution in [0.25, 0.3) is 0 Å². The third-order valence-corrected chi connectivity index (χ3v) is 1.84. The van der Waals surface area contributed by atoms with Crippen LogP contribution < -0.4 is 0 Å². The Bertz CT molecular complexity index is 164. The zero-order valence-corrected chi connectivity index (χ0v) is 8.27. The van der Waals surface area contributed by atoms with Crippen molar-refractivity contribution in [2.45, 2.75) is 13.3 Å². The van der Waals surface area contributed by atoms with E-state index in [9.17, 15) is 8.78 Å². The van der Waals surface area contributed by atoms with Crippen molar-refractivity contribution >= 4 is 11.6 Å². The van der Waals surface area contributed by atoms with Crippen molar-refractivity contribution in [1.29, 1.82) is 0 Å². The Kier molecular flexibility index (Phi) is 7.13. The second kappa shape index (κ2) is 7.24. The standard InChI is InChI=1S/C8H14ClF2NO/c1-7(4-9)5-12(2-3-13)6-8(10)11/h4,8,13H,2-3,5-6H2,1H3. The van der Waals surface area contributed by atoms with Gasteiger partial charge in [0.05, 0.1) is 13.2 Å². The number of aliphatic hydroxyl groups excluding tert-OH is 1. The molecule has 0 heterocycles. The first kappa shape index (κ1) is 12.8. The van der Waals surface area contributed by atoms with Gasteiger partial charge in [0.25, 0.3) is 6.43 Å². The van der Waals surface area contributed by atoms with E-state index >= 15 is 0 Å². The van der Waals surface area contributed by atoms with E-state index in [2.05, 4.69) is 0 Å². The molecule has 0 fully saturated rings. The van der Waals surface area contributed by atoms with Crippen molar-refractivity contribution in [3.8, 4) is 0 Å². The first-order valence-corrected chi connectivity index (χ1v) is 4.41. The molecule has 0 aromatic carbocycles. The highest BCUT2D eigenvalue weighted by molar-refractivity contribution is 6.25. The number of halogens is 3. The fourth-order valence-corrected chi connectivity index (χ4v) is 1.03. The highest BCUT2D eigenvalue weighted by Gasteiger charge is 2.11. The Labute approximate surface area is 81.8 Å². The Balaban J connectivity index is 3.93. The number of hydrogen-bond donors (Lipinski definition) is 1. The summed E-state index contributed by atoms with van der Waals surface area (Å²) in [6.45, 7) is 1.91. The summed E-state index contributed by atoms with van der Waals surface area (Å²) in [6.07, 6.45) is -2.38. The Morgan fingerprint density at radius 1 is 1.62 bits per heavy atom. The van der Waals surface area contributed by atoms with Crippen LogP contribution in [0.4, 0.5) is 8.78 Å². The topological polar surface area (TPSA) is 23.5 Å². The third-order valence-electron chi connectivity index (χ3n) is 1.47. The lowest BCUT2D eigenvalue weighted by Crippen LogP contribution is -2.32. The zero-order chi connectivity index (χ0) is 10.3. The summed E-state index contributed by atoms with van der Waals surface area (Å²) in [4.78, 5) is 1.46. The van der Waals surface area contributed by atoms with Crippen molar-refractivity contribution in [3.05, 3.63) is 11.1 Å². The molecule has 0 aliphatic heterocycles. The molecule has 13 heavy (non-hydrogen) atoms. The van der Waals surface area contributed by atoms with Gasteiger partial charge < -0.3 is 5.11 Å². The highest BCUT2D eigenvalue weighted by atomic mass is 35.5. The molecule has 0 amide bonds. The summed E-state index contributed by atoms with van der Waals surface area (Å²) >= 11 is 5.39. The van der Waals surface area contributed by atoms with Gasteiger partial charge in [-0.05, 0) is 12.5 Å². The van der Waals surface area contributed by atoms with Crippen LogP contribution in [0.15, 0.2) is 11.1 Å². The van der Waals surface area contributed by atoms with Gasteiger partial charge in [0.15, 0.2) is 0 Å². The molecule has 0 saturated heterocycles. The van der Waals surface area contributed by atoms with Crippen LogP contribution in [0.5, 0.6) is 0 Å². The molecule has 0 spiro atoms. The van der Waals surface area contributed by atoms with Crippen LogP contribution in [0, 0.1) is 0 Å². The molecule has 1 N–H and O–H groups in total. The summed E-state index contributed by atoms with van der Waals surface area (Å²) in [5.41, 5.74) is 2.16. The monoisotopic (exact) mass is 213 g/mol.